The number of carbonyl (C=O) groups is 2. The molecule has 31 heavy (non-hydrogen) atoms. The van der Waals surface area contributed by atoms with Crippen molar-refractivity contribution >= 4 is 17.4 Å². The van der Waals surface area contributed by atoms with Crippen LogP contribution >= 0.6 is 0 Å². The molecule has 2 atom stereocenters. The number of aryl methyl sites for hydroxylation is 1. The Labute approximate surface area is 182 Å². The highest BCUT2D eigenvalue weighted by atomic mass is 16.5. The van der Waals surface area contributed by atoms with E-state index in [1.165, 1.54) is 4.90 Å². The summed E-state index contributed by atoms with van der Waals surface area (Å²) in [7, 11) is 1.55. The van der Waals surface area contributed by atoms with E-state index in [0.717, 1.165) is 35.3 Å². The largest absolute Gasteiger partial charge is 0.507 e. The predicted octanol–water partition coefficient (Wildman–Crippen LogP) is 3.64. The molecule has 4 rings (SSSR count). The number of carbonyl (C=O) groups excluding carboxylic acids is 2. The topological polar surface area (TPSA) is 76.1 Å². The molecule has 0 spiro atoms. The maximum atomic E-state index is 13.0. The van der Waals surface area contributed by atoms with Crippen LogP contribution in [0.5, 0.6) is 5.75 Å². The summed E-state index contributed by atoms with van der Waals surface area (Å²) >= 11 is 0. The van der Waals surface area contributed by atoms with Gasteiger partial charge >= 0.3 is 0 Å². The van der Waals surface area contributed by atoms with Crippen molar-refractivity contribution in [2.24, 2.45) is 0 Å². The molecule has 1 fully saturated rings. The Hall–Kier alpha value is -3.12. The summed E-state index contributed by atoms with van der Waals surface area (Å²) in [6.07, 6.45) is 1.70. The van der Waals surface area contributed by atoms with Crippen LogP contribution in [0.15, 0.2) is 48.0 Å². The second-order valence-electron chi connectivity index (χ2n) is 8.04. The third-order valence-electron chi connectivity index (χ3n) is 5.95. The summed E-state index contributed by atoms with van der Waals surface area (Å²) in [5, 5.41) is 11.2. The average molecular weight is 421 g/mol. The van der Waals surface area contributed by atoms with E-state index >= 15 is 0 Å². The van der Waals surface area contributed by atoms with Gasteiger partial charge in [-0.1, -0.05) is 31.2 Å². The highest BCUT2D eigenvalue weighted by molar-refractivity contribution is 6.46. The normalized spacial score (nSPS) is 22.0. The number of aliphatic hydroxyl groups is 1. The molecule has 0 aliphatic carbocycles. The van der Waals surface area contributed by atoms with Crippen molar-refractivity contribution in [3.05, 3.63) is 70.3 Å². The highest BCUT2D eigenvalue weighted by Crippen LogP contribution is 2.40. The van der Waals surface area contributed by atoms with Crippen LogP contribution in [0.25, 0.3) is 5.76 Å². The van der Waals surface area contributed by atoms with E-state index in [9.17, 15) is 14.7 Å². The van der Waals surface area contributed by atoms with Gasteiger partial charge in [-0.25, -0.2) is 0 Å². The summed E-state index contributed by atoms with van der Waals surface area (Å²) in [6.45, 7) is 4.61. The first-order chi connectivity index (χ1) is 14.9. The number of benzene rings is 2. The number of methoxy groups -OCH3 is 1. The SMILES string of the molecule is CCc1ccc(C2/C(=C(/O)c3ccc4c(c3)CC(C)O4)C(=O)C(=O)N2CCOC)cc1. The van der Waals surface area contributed by atoms with Crippen molar-refractivity contribution in [1.29, 1.82) is 0 Å². The third-order valence-corrected chi connectivity index (χ3v) is 5.95. The van der Waals surface area contributed by atoms with Crippen LogP contribution in [0, 0.1) is 0 Å². The maximum Gasteiger partial charge on any atom is 0.295 e. The molecule has 0 aromatic heterocycles. The molecule has 162 valence electrons. The molecule has 2 aliphatic rings. The number of nitrogens with zero attached hydrogens (tertiary/aromatic N) is 1. The summed E-state index contributed by atoms with van der Waals surface area (Å²) in [4.78, 5) is 27.3. The second kappa shape index (κ2) is 8.55. The molecule has 2 aromatic carbocycles. The van der Waals surface area contributed by atoms with Crippen LogP contribution in [0.3, 0.4) is 0 Å². The monoisotopic (exact) mass is 421 g/mol. The van der Waals surface area contributed by atoms with Crippen LogP contribution in [0.4, 0.5) is 0 Å². The average Bonchev–Trinajstić information content (AvgIpc) is 3.27. The summed E-state index contributed by atoms with van der Waals surface area (Å²) in [6, 6.07) is 12.5. The van der Waals surface area contributed by atoms with Crippen molar-refractivity contribution in [3.8, 4) is 5.75 Å². The van der Waals surface area contributed by atoms with Gasteiger partial charge in [-0.05, 0) is 48.2 Å². The number of hydrogen-bond donors (Lipinski definition) is 1. The van der Waals surface area contributed by atoms with E-state index in [4.69, 9.17) is 9.47 Å². The van der Waals surface area contributed by atoms with Gasteiger partial charge in [-0.15, -0.1) is 0 Å². The van der Waals surface area contributed by atoms with E-state index < -0.39 is 17.7 Å². The van der Waals surface area contributed by atoms with Gasteiger partial charge in [0.15, 0.2) is 0 Å². The molecular weight excluding hydrogens is 394 g/mol. The molecule has 6 nitrogen and oxygen atoms in total. The number of Topliss-reactive ketones (excluding diaryl/α,β-unsaturated/α-hetero) is 1. The van der Waals surface area contributed by atoms with Crippen molar-refractivity contribution in [3.63, 3.8) is 0 Å². The van der Waals surface area contributed by atoms with Crippen molar-refractivity contribution in [1.82, 2.24) is 4.90 Å². The Balaban J connectivity index is 1.81. The molecule has 1 N–H and O–H groups in total. The summed E-state index contributed by atoms with van der Waals surface area (Å²) in [5.74, 6) is -0.675. The van der Waals surface area contributed by atoms with Crippen LogP contribution in [0.1, 0.15) is 42.1 Å². The molecule has 0 saturated carbocycles. The van der Waals surface area contributed by atoms with Crippen molar-refractivity contribution in [2.75, 3.05) is 20.3 Å². The Bertz CT molecular complexity index is 1040. The van der Waals surface area contributed by atoms with E-state index in [1.54, 1.807) is 19.2 Å². The lowest BCUT2D eigenvalue weighted by Gasteiger charge is -2.25. The van der Waals surface area contributed by atoms with Gasteiger partial charge in [-0.2, -0.15) is 0 Å². The lowest BCUT2D eigenvalue weighted by Crippen LogP contribution is -2.32. The Kier molecular flexibility index (Phi) is 5.83. The van der Waals surface area contributed by atoms with Gasteiger partial charge in [0.2, 0.25) is 0 Å². The first kappa shape index (κ1) is 21.1. The fourth-order valence-corrected chi connectivity index (χ4v) is 4.31. The zero-order chi connectivity index (χ0) is 22.1. The Morgan fingerprint density at radius 2 is 1.94 bits per heavy atom. The zero-order valence-electron chi connectivity index (χ0n) is 18.1. The summed E-state index contributed by atoms with van der Waals surface area (Å²) < 4.78 is 10.9. The highest BCUT2D eigenvalue weighted by Gasteiger charge is 2.45. The van der Waals surface area contributed by atoms with E-state index in [-0.39, 0.29) is 24.0 Å². The molecule has 6 heteroatoms. The smallest absolute Gasteiger partial charge is 0.295 e. The molecule has 1 saturated heterocycles. The number of aliphatic hydroxyl groups excluding tert-OH is 1. The Morgan fingerprint density at radius 1 is 1.19 bits per heavy atom. The van der Waals surface area contributed by atoms with Gasteiger partial charge in [0, 0.05) is 25.6 Å². The van der Waals surface area contributed by atoms with Crippen molar-refractivity contribution in [2.45, 2.75) is 38.8 Å². The minimum Gasteiger partial charge on any atom is -0.507 e. The lowest BCUT2D eigenvalue weighted by molar-refractivity contribution is -0.140. The van der Waals surface area contributed by atoms with Gasteiger partial charge in [-0.3, -0.25) is 9.59 Å². The van der Waals surface area contributed by atoms with Crippen LogP contribution in [0.2, 0.25) is 0 Å². The van der Waals surface area contributed by atoms with Gasteiger partial charge in [0.25, 0.3) is 11.7 Å². The lowest BCUT2D eigenvalue weighted by atomic mass is 9.93. The van der Waals surface area contributed by atoms with E-state index in [2.05, 4.69) is 6.92 Å². The number of hydrogen-bond acceptors (Lipinski definition) is 5. The molecule has 2 aliphatic heterocycles. The van der Waals surface area contributed by atoms with Crippen LogP contribution in [-0.4, -0.2) is 48.1 Å². The molecule has 0 radical (unpaired) electrons. The third kappa shape index (κ3) is 3.83. The van der Waals surface area contributed by atoms with Gasteiger partial charge < -0.3 is 19.5 Å². The number of likely N-dealkylation sites (tertiary alicyclic amines) is 1. The quantitative estimate of drug-likeness (QED) is 0.438. The molecule has 2 unspecified atom stereocenters. The number of amides is 1. The first-order valence-electron chi connectivity index (χ1n) is 10.6. The maximum absolute atomic E-state index is 13.0. The molecular formula is C25H27NO5. The fraction of sp³-hybridized carbons (Fsp3) is 0.360. The number of ether oxygens (including phenoxy) is 2. The first-order valence-corrected chi connectivity index (χ1v) is 10.6. The number of rotatable bonds is 6. The molecule has 2 heterocycles. The van der Waals surface area contributed by atoms with Crippen LogP contribution < -0.4 is 4.74 Å². The Morgan fingerprint density at radius 3 is 2.61 bits per heavy atom. The summed E-state index contributed by atoms with van der Waals surface area (Å²) in [5.41, 5.74) is 3.54. The fourth-order valence-electron chi connectivity index (χ4n) is 4.31. The molecule has 1 amide bonds. The minimum absolute atomic E-state index is 0.0732. The van der Waals surface area contributed by atoms with E-state index in [1.807, 2.05) is 37.3 Å². The standard InChI is InChI=1S/C25H27NO5/c1-4-16-5-7-17(8-6-16)22-21(24(28)25(29)26(22)11-12-30-3)23(27)18-9-10-20-19(14-18)13-15(2)31-20/h5-10,14-15,22,27H,4,11-13H2,1-3H3/b23-21-. The predicted molar refractivity (Wildman–Crippen MR) is 117 cm³/mol. The van der Waals surface area contributed by atoms with Gasteiger partial charge in [0.05, 0.1) is 18.2 Å². The van der Waals surface area contributed by atoms with Crippen LogP contribution in [-0.2, 0) is 27.2 Å². The van der Waals surface area contributed by atoms with E-state index in [0.29, 0.717) is 12.2 Å². The second-order valence-corrected chi connectivity index (χ2v) is 8.04. The van der Waals surface area contributed by atoms with Gasteiger partial charge in [0.1, 0.15) is 17.6 Å². The minimum atomic E-state index is -0.678. The molecule has 2 aromatic rings. The molecule has 0 bridgehead atoms. The number of fused-ring (bicyclic) bond motifs is 1. The van der Waals surface area contributed by atoms with Crippen molar-refractivity contribution < 1.29 is 24.2 Å². The zero-order valence-corrected chi connectivity index (χ0v) is 18.1. The number of ketones is 1.